The first-order valence-electron chi connectivity index (χ1n) is 6.31. The summed E-state index contributed by atoms with van der Waals surface area (Å²) in [7, 11) is -1.72. The lowest BCUT2D eigenvalue weighted by Crippen LogP contribution is -2.47. The number of rotatable bonds is 5. The molecule has 2 nitrogen and oxygen atoms in total. The van der Waals surface area contributed by atoms with E-state index >= 15 is 0 Å². The summed E-state index contributed by atoms with van der Waals surface area (Å²) in [5.41, 5.74) is 0. The van der Waals surface area contributed by atoms with Gasteiger partial charge < -0.3 is 9.53 Å². The molecule has 1 N–H and O–H groups in total. The number of hydrogen-bond donors (Lipinski definition) is 1. The molecule has 0 aliphatic rings. The van der Waals surface area contributed by atoms with Crippen molar-refractivity contribution in [2.45, 2.75) is 65.8 Å². The topological polar surface area (TPSA) is 29.5 Å². The van der Waals surface area contributed by atoms with Crippen LogP contribution in [0.15, 0.2) is 0 Å². The van der Waals surface area contributed by atoms with E-state index < -0.39 is 8.32 Å². The fourth-order valence-electron chi connectivity index (χ4n) is 1.53. The van der Waals surface area contributed by atoms with Crippen molar-refractivity contribution in [2.75, 3.05) is 6.61 Å². The van der Waals surface area contributed by atoms with Crippen LogP contribution in [-0.4, -0.2) is 26.1 Å². The fraction of sp³-hybridized carbons (Fsp3) is 1.00. The summed E-state index contributed by atoms with van der Waals surface area (Å²) < 4.78 is 6.40. The van der Waals surface area contributed by atoms with Gasteiger partial charge in [0.1, 0.15) is 0 Å². The van der Waals surface area contributed by atoms with Gasteiger partial charge in [0.15, 0.2) is 8.32 Å². The summed E-state index contributed by atoms with van der Waals surface area (Å²) in [6, 6.07) is 0. The first-order valence-corrected chi connectivity index (χ1v) is 9.22. The van der Waals surface area contributed by atoms with Gasteiger partial charge in [-0.3, -0.25) is 0 Å². The molecule has 0 amide bonds. The van der Waals surface area contributed by atoms with E-state index in [0.717, 1.165) is 0 Å². The molecule has 0 heterocycles. The first kappa shape index (κ1) is 16.1. The molecule has 0 fully saturated rings. The van der Waals surface area contributed by atoms with Gasteiger partial charge in [-0.05, 0) is 24.1 Å². The molecule has 0 aromatic carbocycles. The third-order valence-corrected chi connectivity index (χ3v) is 8.22. The van der Waals surface area contributed by atoms with Crippen LogP contribution < -0.4 is 0 Å². The highest BCUT2D eigenvalue weighted by Gasteiger charge is 2.40. The third kappa shape index (κ3) is 4.19. The van der Waals surface area contributed by atoms with Crippen molar-refractivity contribution in [1.29, 1.82) is 0 Å². The van der Waals surface area contributed by atoms with E-state index in [2.05, 4.69) is 54.6 Å². The smallest absolute Gasteiger partial charge is 0.192 e. The summed E-state index contributed by atoms with van der Waals surface area (Å²) in [5.74, 6) is 0.672. The molecule has 0 saturated carbocycles. The maximum Gasteiger partial charge on any atom is 0.192 e. The molecule has 98 valence electrons. The van der Waals surface area contributed by atoms with Crippen LogP contribution in [0.1, 0.15) is 41.5 Å². The fourth-order valence-corrected chi connectivity index (χ4v) is 3.07. The van der Waals surface area contributed by atoms with Crippen LogP contribution in [0.2, 0.25) is 18.1 Å². The van der Waals surface area contributed by atoms with E-state index in [9.17, 15) is 5.11 Å². The molecule has 0 aromatic rings. The zero-order valence-corrected chi connectivity index (χ0v) is 13.3. The molecule has 0 aromatic heterocycles. The minimum absolute atomic E-state index is 0.172. The van der Waals surface area contributed by atoms with Crippen molar-refractivity contribution in [3.8, 4) is 0 Å². The highest BCUT2D eigenvalue weighted by atomic mass is 28.4. The summed E-state index contributed by atoms with van der Waals surface area (Å²) in [5, 5.41) is 9.52. The van der Waals surface area contributed by atoms with Crippen molar-refractivity contribution in [1.82, 2.24) is 0 Å². The standard InChI is InChI=1S/C13H30O2Si/c1-10(2)12(11(3)9-14)15-16(7,8)13(4,5)6/h10-12,14H,9H2,1-8H3/t11-,12-/m0/s1. The van der Waals surface area contributed by atoms with Crippen molar-refractivity contribution in [3.63, 3.8) is 0 Å². The van der Waals surface area contributed by atoms with Gasteiger partial charge in [-0.25, -0.2) is 0 Å². The predicted octanol–water partition coefficient (Wildman–Crippen LogP) is 3.66. The second-order valence-electron chi connectivity index (χ2n) is 6.75. The Morgan fingerprint density at radius 3 is 1.81 bits per heavy atom. The third-order valence-electron chi connectivity index (χ3n) is 3.74. The van der Waals surface area contributed by atoms with Gasteiger partial charge in [-0.1, -0.05) is 41.5 Å². The molecule has 0 bridgehead atoms. The van der Waals surface area contributed by atoms with E-state index in [1.807, 2.05) is 0 Å². The Morgan fingerprint density at radius 1 is 1.12 bits per heavy atom. The normalized spacial score (nSPS) is 17.6. The molecule has 3 heteroatoms. The Labute approximate surface area is 103 Å². The second kappa shape index (κ2) is 5.65. The minimum atomic E-state index is -1.72. The quantitative estimate of drug-likeness (QED) is 0.750. The van der Waals surface area contributed by atoms with Crippen LogP contribution in [0.25, 0.3) is 0 Å². The van der Waals surface area contributed by atoms with Crippen LogP contribution in [0.3, 0.4) is 0 Å². The van der Waals surface area contributed by atoms with Gasteiger partial charge in [-0.2, -0.15) is 0 Å². The Bertz CT molecular complexity index is 206. The Kier molecular flexibility index (Phi) is 5.70. The molecular formula is C13H30O2Si. The molecule has 2 atom stereocenters. The lowest BCUT2D eigenvalue weighted by atomic mass is 9.96. The van der Waals surface area contributed by atoms with Crippen molar-refractivity contribution >= 4 is 8.32 Å². The van der Waals surface area contributed by atoms with Crippen LogP contribution in [0.5, 0.6) is 0 Å². The van der Waals surface area contributed by atoms with Gasteiger partial charge in [0.05, 0.1) is 6.10 Å². The Balaban J connectivity index is 4.76. The average Bonchev–Trinajstić information content (AvgIpc) is 2.10. The van der Waals surface area contributed by atoms with Crippen LogP contribution in [-0.2, 0) is 4.43 Å². The van der Waals surface area contributed by atoms with E-state index in [1.165, 1.54) is 0 Å². The molecule has 16 heavy (non-hydrogen) atoms. The highest BCUT2D eigenvalue weighted by molar-refractivity contribution is 6.74. The average molecular weight is 246 g/mol. The summed E-state index contributed by atoms with van der Waals surface area (Å²) in [6.07, 6.45) is 0.172. The number of hydrogen-bond acceptors (Lipinski definition) is 2. The molecule has 0 aliphatic carbocycles. The van der Waals surface area contributed by atoms with Gasteiger partial charge >= 0.3 is 0 Å². The van der Waals surface area contributed by atoms with E-state index in [-0.39, 0.29) is 23.7 Å². The monoisotopic (exact) mass is 246 g/mol. The van der Waals surface area contributed by atoms with Gasteiger partial charge in [0.25, 0.3) is 0 Å². The molecule has 0 rings (SSSR count). The summed E-state index contributed by atoms with van der Waals surface area (Å²) in [6.45, 7) is 17.9. The van der Waals surface area contributed by atoms with Crippen LogP contribution >= 0.6 is 0 Å². The SMILES string of the molecule is CC(C)[C@H](O[Si](C)(C)C(C)(C)C)[C@@H](C)CO. The van der Waals surface area contributed by atoms with Gasteiger partial charge in [0.2, 0.25) is 0 Å². The van der Waals surface area contributed by atoms with E-state index in [0.29, 0.717) is 5.92 Å². The Morgan fingerprint density at radius 2 is 1.56 bits per heavy atom. The largest absolute Gasteiger partial charge is 0.413 e. The maximum absolute atomic E-state index is 9.29. The number of aliphatic hydroxyl groups is 1. The molecule has 0 spiro atoms. The zero-order valence-electron chi connectivity index (χ0n) is 12.3. The van der Waals surface area contributed by atoms with E-state index in [4.69, 9.17) is 4.43 Å². The van der Waals surface area contributed by atoms with Crippen molar-refractivity contribution < 1.29 is 9.53 Å². The second-order valence-corrected chi connectivity index (χ2v) is 11.5. The maximum atomic E-state index is 9.29. The van der Waals surface area contributed by atoms with Crippen LogP contribution in [0, 0.1) is 11.8 Å². The zero-order chi connectivity index (χ0) is 13.1. The minimum Gasteiger partial charge on any atom is -0.413 e. The molecular weight excluding hydrogens is 216 g/mol. The number of aliphatic hydroxyl groups excluding tert-OH is 1. The van der Waals surface area contributed by atoms with Gasteiger partial charge in [0, 0.05) is 12.5 Å². The van der Waals surface area contributed by atoms with Crippen molar-refractivity contribution in [3.05, 3.63) is 0 Å². The lowest BCUT2D eigenvalue weighted by Gasteiger charge is -2.42. The first-order chi connectivity index (χ1) is 7.03. The molecule has 0 unspecified atom stereocenters. The highest BCUT2D eigenvalue weighted by Crippen LogP contribution is 2.39. The van der Waals surface area contributed by atoms with Crippen molar-refractivity contribution in [2.24, 2.45) is 11.8 Å². The van der Waals surface area contributed by atoms with E-state index in [1.54, 1.807) is 0 Å². The molecule has 0 saturated heterocycles. The van der Waals surface area contributed by atoms with Crippen LogP contribution in [0.4, 0.5) is 0 Å². The van der Waals surface area contributed by atoms with Gasteiger partial charge in [-0.15, -0.1) is 0 Å². The molecule has 0 aliphatic heterocycles. The Hall–Kier alpha value is 0.137. The summed E-state index contributed by atoms with van der Waals surface area (Å²) in [4.78, 5) is 0. The molecule has 0 radical (unpaired) electrons. The lowest BCUT2D eigenvalue weighted by molar-refractivity contribution is 0.0516. The predicted molar refractivity (Wildman–Crippen MR) is 73.2 cm³/mol. The summed E-state index contributed by atoms with van der Waals surface area (Å²) >= 11 is 0.